The summed E-state index contributed by atoms with van der Waals surface area (Å²) < 4.78 is 81.9. The third-order valence-corrected chi connectivity index (χ3v) is 12.4. The van der Waals surface area contributed by atoms with Crippen molar-refractivity contribution in [2.24, 2.45) is 0 Å². The summed E-state index contributed by atoms with van der Waals surface area (Å²) in [5, 5.41) is 1.70. The van der Waals surface area contributed by atoms with E-state index >= 15 is 0 Å². The summed E-state index contributed by atoms with van der Waals surface area (Å²) in [6.07, 6.45) is 0.621. The van der Waals surface area contributed by atoms with Gasteiger partial charge in [0.25, 0.3) is 10.0 Å². The van der Waals surface area contributed by atoms with Crippen LogP contribution in [-0.4, -0.2) is 48.7 Å². The van der Waals surface area contributed by atoms with Crippen molar-refractivity contribution in [1.29, 1.82) is 0 Å². The molecule has 2 heterocycles. The molecule has 2 aromatic carbocycles. The molecule has 1 fully saturated rings. The molecule has 182 valence electrons. The molecule has 3 aromatic rings. The number of nitrogens with one attached hydrogen (secondary N) is 1. The van der Waals surface area contributed by atoms with E-state index in [4.69, 9.17) is 0 Å². The maximum absolute atomic E-state index is 13.2. The van der Waals surface area contributed by atoms with Gasteiger partial charge in [0.1, 0.15) is 4.21 Å². The Morgan fingerprint density at radius 2 is 1.53 bits per heavy atom. The van der Waals surface area contributed by atoms with Crippen LogP contribution in [0, 0.1) is 6.92 Å². The van der Waals surface area contributed by atoms with Gasteiger partial charge in [0.05, 0.1) is 14.7 Å². The first-order valence-electron chi connectivity index (χ1n) is 10.5. The molecule has 1 saturated heterocycles. The fourth-order valence-electron chi connectivity index (χ4n) is 3.81. The van der Waals surface area contributed by atoms with Crippen molar-refractivity contribution in [2.75, 3.05) is 13.1 Å². The molecule has 8 nitrogen and oxygen atoms in total. The second kappa shape index (κ2) is 9.51. The molecule has 0 aliphatic carbocycles. The Kier molecular flexibility index (Phi) is 7.00. The second-order valence-corrected chi connectivity index (χ2v) is 14.7. The van der Waals surface area contributed by atoms with E-state index in [1.807, 2.05) is 0 Å². The van der Waals surface area contributed by atoms with E-state index in [0.717, 1.165) is 11.3 Å². The van der Waals surface area contributed by atoms with Gasteiger partial charge < -0.3 is 0 Å². The molecule has 0 saturated carbocycles. The molecule has 1 aliphatic rings. The number of hydrogen-bond acceptors (Lipinski definition) is 7. The molecule has 12 heteroatoms. The van der Waals surface area contributed by atoms with Crippen LogP contribution in [0.25, 0.3) is 0 Å². The van der Waals surface area contributed by atoms with Crippen LogP contribution in [0.5, 0.6) is 0 Å². The van der Waals surface area contributed by atoms with Gasteiger partial charge in [0, 0.05) is 19.1 Å². The predicted octanol–water partition coefficient (Wildman–Crippen LogP) is 3.02. The van der Waals surface area contributed by atoms with Gasteiger partial charge >= 0.3 is 0 Å². The highest BCUT2D eigenvalue weighted by atomic mass is 32.2. The molecule has 0 spiro atoms. The number of nitrogens with zero attached hydrogens (tertiary/aromatic N) is 1. The Morgan fingerprint density at radius 3 is 2.15 bits per heavy atom. The lowest BCUT2D eigenvalue weighted by molar-refractivity contribution is 0.309. The first kappa shape index (κ1) is 25.0. The van der Waals surface area contributed by atoms with Crippen LogP contribution in [0.1, 0.15) is 18.4 Å². The summed E-state index contributed by atoms with van der Waals surface area (Å²) in [6, 6.07) is 14.6. The Labute approximate surface area is 204 Å². The molecule has 0 bridgehead atoms. The summed E-state index contributed by atoms with van der Waals surface area (Å²) in [5.74, 6) is 0. The van der Waals surface area contributed by atoms with Crippen LogP contribution in [0.15, 0.2) is 84.9 Å². The number of hydrogen-bond donors (Lipinski definition) is 1. The van der Waals surface area contributed by atoms with Crippen LogP contribution >= 0.6 is 11.3 Å². The fraction of sp³-hybridized carbons (Fsp3) is 0.273. The topological polar surface area (TPSA) is 118 Å². The van der Waals surface area contributed by atoms with Gasteiger partial charge in [-0.1, -0.05) is 30.3 Å². The van der Waals surface area contributed by atoms with Gasteiger partial charge in [-0.05, 0) is 61.0 Å². The van der Waals surface area contributed by atoms with E-state index in [-0.39, 0.29) is 32.0 Å². The maximum Gasteiger partial charge on any atom is 0.252 e. The number of rotatable bonds is 7. The van der Waals surface area contributed by atoms with E-state index in [1.54, 1.807) is 42.6 Å². The summed E-state index contributed by atoms with van der Waals surface area (Å²) in [5.41, 5.74) is 0.414. The van der Waals surface area contributed by atoms with Crippen LogP contribution in [0.4, 0.5) is 0 Å². The lowest BCUT2D eigenvalue weighted by Gasteiger charge is -2.31. The third-order valence-electron chi connectivity index (χ3n) is 5.68. The van der Waals surface area contributed by atoms with Crippen LogP contribution in [0.2, 0.25) is 0 Å². The van der Waals surface area contributed by atoms with E-state index in [9.17, 15) is 25.3 Å². The fourth-order valence-corrected chi connectivity index (χ4v) is 9.38. The van der Waals surface area contributed by atoms with Crippen molar-refractivity contribution < 1.29 is 25.3 Å². The Hall–Kier alpha value is -2.09. The minimum Gasteiger partial charge on any atom is -0.219 e. The predicted molar refractivity (Wildman–Crippen MR) is 129 cm³/mol. The largest absolute Gasteiger partial charge is 0.252 e. The van der Waals surface area contributed by atoms with E-state index in [0.29, 0.717) is 18.4 Å². The molecule has 1 aliphatic heterocycles. The van der Waals surface area contributed by atoms with E-state index in [1.165, 1.54) is 34.6 Å². The van der Waals surface area contributed by atoms with Gasteiger partial charge in [-0.3, -0.25) is 0 Å². The number of thiophene rings is 1. The minimum atomic E-state index is -4.03. The zero-order valence-electron chi connectivity index (χ0n) is 18.3. The number of aryl methyl sites for hydroxylation is 1. The second-order valence-electron chi connectivity index (χ2n) is 7.98. The third kappa shape index (κ3) is 4.97. The SMILES string of the molecule is Cc1ccc(S(=O)(=O)c2ccccc2)cc1S(=O)(=O)NC1CCN(S(=O)(=O)c2cccs2)CC1. The average molecular weight is 541 g/mol. The highest BCUT2D eigenvalue weighted by molar-refractivity contribution is 7.92. The number of piperidine rings is 1. The molecule has 0 radical (unpaired) electrons. The Morgan fingerprint density at radius 1 is 0.853 bits per heavy atom. The average Bonchev–Trinajstić information content (AvgIpc) is 3.36. The molecule has 0 amide bonds. The maximum atomic E-state index is 13.2. The van der Waals surface area contributed by atoms with Gasteiger partial charge in [-0.2, -0.15) is 4.31 Å². The molecule has 0 unspecified atom stereocenters. The quantitative estimate of drug-likeness (QED) is 0.492. The molecule has 34 heavy (non-hydrogen) atoms. The van der Waals surface area contributed by atoms with E-state index in [2.05, 4.69) is 4.72 Å². The van der Waals surface area contributed by atoms with Crippen molar-refractivity contribution in [1.82, 2.24) is 9.03 Å². The smallest absolute Gasteiger partial charge is 0.219 e. The van der Waals surface area contributed by atoms with Gasteiger partial charge in [-0.25, -0.2) is 30.0 Å². The zero-order valence-corrected chi connectivity index (χ0v) is 21.6. The number of sulfone groups is 1. The first-order chi connectivity index (χ1) is 16.0. The molecule has 0 atom stereocenters. The van der Waals surface area contributed by atoms with Crippen molar-refractivity contribution in [3.05, 3.63) is 71.6 Å². The Balaban J connectivity index is 1.52. The standard InChI is InChI=1S/C22H24N2O6S4/c1-17-9-10-20(32(25,26)19-6-3-2-4-7-19)16-21(17)33(27,28)23-18-11-13-24(14-12-18)34(29,30)22-8-5-15-31-22/h2-10,15-16,18,23H,11-14H2,1H3. The molecule has 1 aromatic heterocycles. The summed E-state index contributed by atoms with van der Waals surface area (Å²) in [4.78, 5) is -0.144. The van der Waals surface area contributed by atoms with Crippen LogP contribution in [0.3, 0.4) is 0 Å². The van der Waals surface area contributed by atoms with E-state index < -0.39 is 35.9 Å². The Bertz CT molecular complexity index is 1480. The monoisotopic (exact) mass is 540 g/mol. The van der Waals surface area contributed by atoms with Gasteiger partial charge in [0.15, 0.2) is 0 Å². The summed E-state index contributed by atoms with van der Waals surface area (Å²) in [7, 11) is -11.5. The number of benzene rings is 2. The lowest BCUT2D eigenvalue weighted by Crippen LogP contribution is -2.46. The first-order valence-corrected chi connectivity index (χ1v) is 15.8. The summed E-state index contributed by atoms with van der Waals surface area (Å²) >= 11 is 1.14. The number of sulfonamides is 2. The zero-order chi connectivity index (χ0) is 24.6. The molecular formula is C22H24N2O6S4. The molecular weight excluding hydrogens is 517 g/mol. The van der Waals surface area contributed by atoms with Crippen LogP contribution < -0.4 is 4.72 Å². The van der Waals surface area contributed by atoms with Crippen molar-refractivity contribution in [3.63, 3.8) is 0 Å². The van der Waals surface area contributed by atoms with Crippen LogP contribution in [-0.2, 0) is 29.9 Å². The van der Waals surface area contributed by atoms with Crippen molar-refractivity contribution >= 4 is 41.2 Å². The van der Waals surface area contributed by atoms with Crippen molar-refractivity contribution in [3.8, 4) is 0 Å². The van der Waals surface area contributed by atoms with Gasteiger partial charge in [-0.15, -0.1) is 11.3 Å². The highest BCUT2D eigenvalue weighted by Crippen LogP contribution is 2.27. The molecule has 4 rings (SSSR count). The highest BCUT2D eigenvalue weighted by Gasteiger charge is 2.32. The normalized spacial score (nSPS) is 16.5. The summed E-state index contributed by atoms with van der Waals surface area (Å²) in [6.45, 7) is 1.98. The van der Waals surface area contributed by atoms with Gasteiger partial charge in [0.2, 0.25) is 19.9 Å². The molecule has 1 N–H and O–H groups in total. The van der Waals surface area contributed by atoms with Crippen molar-refractivity contribution in [2.45, 2.75) is 44.7 Å². The lowest BCUT2D eigenvalue weighted by atomic mass is 10.1. The minimum absolute atomic E-state index is 0.0782.